The highest BCUT2D eigenvalue weighted by atomic mass is 16.1. The van der Waals surface area contributed by atoms with Crippen molar-refractivity contribution in [3.63, 3.8) is 0 Å². The van der Waals surface area contributed by atoms with Gasteiger partial charge in [-0.05, 0) is 36.8 Å². The molecule has 1 N–H and O–H groups in total. The normalized spacial score (nSPS) is 10.2. The number of Topliss-reactive ketones (excluding diaryl/α,β-unsaturated/α-hetero) is 1. The highest BCUT2D eigenvalue weighted by Crippen LogP contribution is 2.16. The number of benzene rings is 2. The summed E-state index contributed by atoms with van der Waals surface area (Å²) in [6.07, 6.45) is 0. The van der Waals surface area contributed by atoms with Gasteiger partial charge in [0.15, 0.2) is 5.78 Å². The fraction of sp³-hybridized carbons (Fsp3) is 0.188. The van der Waals surface area contributed by atoms with Crippen LogP contribution in [0.1, 0.15) is 22.8 Å². The van der Waals surface area contributed by atoms with Gasteiger partial charge in [0.2, 0.25) is 0 Å². The maximum Gasteiger partial charge on any atom is 0.159 e. The Morgan fingerprint density at radius 1 is 1.05 bits per heavy atom. The number of carbonyl (C=O) groups excluding carboxylic acids is 1. The van der Waals surface area contributed by atoms with Crippen LogP contribution in [-0.4, -0.2) is 12.8 Å². The molecule has 0 bridgehead atoms. The average Bonchev–Trinajstić information content (AvgIpc) is 2.46. The van der Waals surface area contributed by atoms with E-state index in [1.165, 1.54) is 5.56 Å². The molecule has 0 spiro atoms. The van der Waals surface area contributed by atoms with E-state index in [-0.39, 0.29) is 5.78 Å². The second-order valence-electron chi connectivity index (χ2n) is 4.40. The number of hydrogen-bond acceptors (Lipinski definition) is 3. The van der Waals surface area contributed by atoms with E-state index in [9.17, 15) is 4.79 Å². The van der Waals surface area contributed by atoms with Gasteiger partial charge in [0, 0.05) is 12.6 Å². The molecule has 98 valence electrons. The number of hydrazine groups is 1. The standard InChI is InChI=1S/C16H18N2O/c1-13(19)15-8-10-16(11-9-15)18(17-2)12-14-6-4-3-5-7-14/h3-11,17H,12H2,1-2H3. The molecule has 0 saturated heterocycles. The zero-order chi connectivity index (χ0) is 13.7. The third-order valence-corrected chi connectivity index (χ3v) is 3.04. The summed E-state index contributed by atoms with van der Waals surface area (Å²) in [6, 6.07) is 17.9. The van der Waals surface area contributed by atoms with Crippen molar-refractivity contribution in [1.82, 2.24) is 5.43 Å². The fourth-order valence-corrected chi connectivity index (χ4v) is 1.94. The fourth-order valence-electron chi connectivity index (χ4n) is 1.94. The van der Waals surface area contributed by atoms with Crippen LogP contribution >= 0.6 is 0 Å². The van der Waals surface area contributed by atoms with Gasteiger partial charge in [-0.15, -0.1) is 0 Å². The van der Waals surface area contributed by atoms with Gasteiger partial charge in [-0.3, -0.25) is 4.79 Å². The van der Waals surface area contributed by atoms with Crippen LogP contribution in [0.5, 0.6) is 0 Å². The second-order valence-corrected chi connectivity index (χ2v) is 4.40. The smallest absolute Gasteiger partial charge is 0.159 e. The minimum atomic E-state index is 0.0885. The summed E-state index contributed by atoms with van der Waals surface area (Å²) in [6.45, 7) is 2.35. The molecule has 2 aromatic rings. The van der Waals surface area contributed by atoms with Crippen molar-refractivity contribution in [3.8, 4) is 0 Å². The quantitative estimate of drug-likeness (QED) is 0.657. The molecule has 3 heteroatoms. The number of nitrogens with zero attached hydrogens (tertiary/aromatic N) is 1. The summed E-state index contributed by atoms with van der Waals surface area (Å²) in [4.78, 5) is 11.3. The van der Waals surface area contributed by atoms with Gasteiger partial charge in [-0.25, -0.2) is 5.43 Å². The lowest BCUT2D eigenvalue weighted by atomic mass is 10.1. The molecule has 0 unspecified atom stereocenters. The van der Waals surface area contributed by atoms with Gasteiger partial charge in [0.1, 0.15) is 0 Å². The molecule has 0 heterocycles. The summed E-state index contributed by atoms with van der Waals surface area (Å²) >= 11 is 0. The Bertz CT molecular complexity index is 534. The van der Waals surface area contributed by atoms with E-state index in [0.717, 1.165) is 17.8 Å². The predicted molar refractivity (Wildman–Crippen MR) is 78.1 cm³/mol. The third kappa shape index (κ3) is 3.42. The topological polar surface area (TPSA) is 32.3 Å². The first kappa shape index (κ1) is 13.3. The summed E-state index contributed by atoms with van der Waals surface area (Å²) in [5.74, 6) is 0.0885. The van der Waals surface area contributed by atoms with Crippen LogP contribution in [0.4, 0.5) is 5.69 Å². The minimum Gasteiger partial charge on any atom is -0.304 e. The molecule has 0 saturated carbocycles. The van der Waals surface area contributed by atoms with E-state index in [0.29, 0.717) is 0 Å². The van der Waals surface area contributed by atoms with E-state index >= 15 is 0 Å². The lowest BCUT2D eigenvalue weighted by Crippen LogP contribution is -2.34. The van der Waals surface area contributed by atoms with Crippen LogP contribution in [0.25, 0.3) is 0 Å². The van der Waals surface area contributed by atoms with Crippen molar-refractivity contribution in [3.05, 3.63) is 65.7 Å². The average molecular weight is 254 g/mol. The summed E-state index contributed by atoms with van der Waals surface area (Å²) in [7, 11) is 1.89. The Balaban J connectivity index is 2.15. The first-order valence-electron chi connectivity index (χ1n) is 6.30. The highest BCUT2D eigenvalue weighted by Gasteiger charge is 2.06. The lowest BCUT2D eigenvalue weighted by molar-refractivity contribution is 0.101. The van der Waals surface area contributed by atoms with Crippen LogP contribution in [0.2, 0.25) is 0 Å². The van der Waals surface area contributed by atoms with Crippen molar-refractivity contribution < 1.29 is 4.79 Å². The summed E-state index contributed by atoms with van der Waals surface area (Å²) < 4.78 is 0. The van der Waals surface area contributed by atoms with Crippen LogP contribution in [0.3, 0.4) is 0 Å². The molecular weight excluding hydrogens is 236 g/mol. The van der Waals surface area contributed by atoms with Gasteiger partial charge in [0.25, 0.3) is 0 Å². The Morgan fingerprint density at radius 2 is 1.68 bits per heavy atom. The lowest BCUT2D eigenvalue weighted by Gasteiger charge is -2.23. The van der Waals surface area contributed by atoms with E-state index in [1.54, 1.807) is 6.92 Å². The molecule has 0 amide bonds. The maximum atomic E-state index is 11.3. The zero-order valence-electron chi connectivity index (χ0n) is 11.3. The van der Waals surface area contributed by atoms with E-state index in [4.69, 9.17) is 0 Å². The van der Waals surface area contributed by atoms with Crippen LogP contribution in [0.15, 0.2) is 54.6 Å². The van der Waals surface area contributed by atoms with Crippen LogP contribution in [0, 0.1) is 0 Å². The van der Waals surface area contributed by atoms with Gasteiger partial charge < -0.3 is 5.01 Å². The SMILES string of the molecule is CNN(Cc1ccccc1)c1ccc(C(C)=O)cc1. The molecule has 2 rings (SSSR count). The molecule has 0 aliphatic rings. The number of hydrogen-bond donors (Lipinski definition) is 1. The molecule has 0 fully saturated rings. The Morgan fingerprint density at radius 3 is 2.21 bits per heavy atom. The van der Waals surface area contributed by atoms with Crippen molar-refractivity contribution in [1.29, 1.82) is 0 Å². The Hall–Kier alpha value is -2.13. The maximum absolute atomic E-state index is 11.3. The molecule has 2 aromatic carbocycles. The van der Waals surface area contributed by atoms with Gasteiger partial charge in [-0.1, -0.05) is 30.3 Å². The number of ketones is 1. The van der Waals surface area contributed by atoms with Gasteiger partial charge >= 0.3 is 0 Å². The summed E-state index contributed by atoms with van der Waals surface area (Å²) in [5.41, 5.74) is 6.17. The van der Waals surface area contributed by atoms with Crippen molar-refractivity contribution in [2.75, 3.05) is 12.1 Å². The van der Waals surface area contributed by atoms with Crippen LogP contribution < -0.4 is 10.4 Å². The van der Waals surface area contributed by atoms with Crippen molar-refractivity contribution >= 4 is 11.5 Å². The number of rotatable bonds is 5. The molecular formula is C16H18N2O. The van der Waals surface area contributed by atoms with E-state index in [2.05, 4.69) is 17.6 Å². The zero-order valence-corrected chi connectivity index (χ0v) is 11.3. The molecule has 19 heavy (non-hydrogen) atoms. The predicted octanol–water partition coefficient (Wildman–Crippen LogP) is 3.03. The number of carbonyl (C=O) groups is 1. The molecule has 0 aliphatic carbocycles. The van der Waals surface area contributed by atoms with E-state index < -0.39 is 0 Å². The largest absolute Gasteiger partial charge is 0.304 e. The van der Waals surface area contributed by atoms with Crippen LogP contribution in [-0.2, 0) is 6.54 Å². The second kappa shape index (κ2) is 6.16. The molecule has 0 aliphatic heterocycles. The molecule has 3 nitrogen and oxygen atoms in total. The van der Waals surface area contributed by atoms with Gasteiger partial charge in [-0.2, -0.15) is 0 Å². The van der Waals surface area contributed by atoms with Crippen molar-refractivity contribution in [2.45, 2.75) is 13.5 Å². The van der Waals surface area contributed by atoms with Crippen molar-refractivity contribution in [2.24, 2.45) is 0 Å². The number of anilines is 1. The van der Waals surface area contributed by atoms with E-state index in [1.807, 2.05) is 54.5 Å². The highest BCUT2D eigenvalue weighted by molar-refractivity contribution is 5.94. The Kier molecular flexibility index (Phi) is 4.31. The monoisotopic (exact) mass is 254 g/mol. The molecule has 0 radical (unpaired) electrons. The van der Waals surface area contributed by atoms with Gasteiger partial charge in [0.05, 0.1) is 12.2 Å². The molecule has 0 atom stereocenters. The minimum absolute atomic E-state index is 0.0885. The Labute approximate surface area is 113 Å². The first-order chi connectivity index (χ1) is 9.20. The molecule has 0 aromatic heterocycles. The third-order valence-electron chi connectivity index (χ3n) is 3.04. The summed E-state index contributed by atoms with van der Waals surface area (Å²) in [5, 5.41) is 2.04. The number of nitrogens with one attached hydrogen (secondary N) is 1. The first-order valence-corrected chi connectivity index (χ1v) is 6.30.